The van der Waals surface area contributed by atoms with E-state index >= 15 is 0 Å². The zero-order valence-corrected chi connectivity index (χ0v) is 40.0. The summed E-state index contributed by atoms with van der Waals surface area (Å²) in [6.07, 6.45) is 22.4. The molecule has 0 saturated heterocycles. The van der Waals surface area contributed by atoms with Crippen LogP contribution < -0.4 is 4.74 Å². The second-order valence-electron chi connectivity index (χ2n) is 17.2. The number of aryl methyl sites for hydroxylation is 4. The minimum Gasteiger partial charge on any atom is -0.489 e. The Morgan fingerprint density at radius 3 is 1.98 bits per heavy atom. The molecule has 0 saturated carbocycles. The SMILES string of the molecule is C=C(C1=C(C)C=C(C)CC=C1C)C1C=CC(OCc2ccc(COc3ccc(C(=C=C(C)CC)c4c(C)cc(C)cc4C)cc3)cc2)=CC1.C=NC1=CC=CCC1.Cc1ccccc1. The summed E-state index contributed by atoms with van der Waals surface area (Å²) in [6.45, 7) is 28.5. The third-order valence-corrected chi connectivity index (χ3v) is 11.7. The number of aliphatic imine (C=N–C) groups is 1. The van der Waals surface area contributed by atoms with Crippen LogP contribution in [0, 0.1) is 33.6 Å². The van der Waals surface area contributed by atoms with Gasteiger partial charge in [0.2, 0.25) is 0 Å². The van der Waals surface area contributed by atoms with E-state index in [9.17, 15) is 0 Å². The van der Waals surface area contributed by atoms with Crippen LogP contribution in [0.3, 0.4) is 0 Å². The van der Waals surface area contributed by atoms with Gasteiger partial charge in [-0.3, -0.25) is 4.99 Å². The molecule has 0 aromatic heterocycles. The van der Waals surface area contributed by atoms with Gasteiger partial charge in [0.15, 0.2) is 0 Å². The van der Waals surface area contributed by atoms with Crippen LogP contribution in [0.1, 0.15) is 111 Å². The topological polar surface area (TPSA) is 30.8 Å². The van der Waals surface area contributed by atoms with Crippen molar-refractivity contribution < 1.29 is 9.47 Å². The van der Waals surface area contributed by atoms with Gasteiger partial charge in [0.05, 0.1) is 0 Å². The van der Waals surface area contributed by atoms with E-state index in [1.54, 1.807) is 0 Å². The van der Waals surface area contributed by atoms with Gasteiger partial charge in [0.25, 0.3) is 0 Å². The highest BCUT2D eigenvalue weighted by atomic mass is 16.5. The molecule has 0 bridgehead atoms. The molecule has 4 aromatic carbocycles. The lowest BCUT2D eigenvalue weighted by Crippen LogP contribution is -2.08. The molecule has 3 nitrogen and oxygen atoms in total. The van der Waals surface area contributed by atoms with Gasteiger partial charge in [0, 0.05) is 17.2 Å². The number of allylic oxidation sites excluding steroid dienone is 15. The maximum atomic E-state index is 6.19. The first-order chi connectivity index (χ1) is 30.8. The Labute approximate surface area is 385 Å². The van der Waals surface area contributed by atoms with E-state index in [1.165, 1.54) is 61.3 Å². The molecular weight excluding hydrogens is 779 g/mol. The first-order valence-corrected chi connectivity index (χ1v) is 22.8. The molecule has 0 fully saturated rings. The van der Waals surface area contributed by atoms with Crippen molar-refractivity contribution >= 4 is 12.3 Å². The predicted octanol–water partition coefficient (Wildman–Crippen LogP) is 16.6. The summed E-state index contributed by atoms with van der Waals surface area (Å²) in [5.74, 6) is 2.05. The van der Waals surface area contributed by atoms with E-state index in [1.807, 2.05) is 30.4 Å². The summed E-state index contributed by atoms with van der Waals surface area (Å²) in [6, 6.07) is 31.7. The minimum absolute atomic E-state index is 0.283. The number of nitrogens with zero attached hydrogens (tertiary/aromatic N) is 1. The fourth-order valence-corrected chi connectivity index (χ4v) is 8.08. The molecular formula is C61H69NO2. The van der Waals surface area contributed by atoms with Crippen LogP contribution >= 0.6 is 0 Å². The molecule has 7 rings (SSSR count). The van der Waals surface area contributed by atoms with Crippen LogP contribution in [0.15, 0.2) is 202 Å². The lowest BCUT2D eigenvalue weighted by atomic mass is 9.83. The number of hydrogen-bond acceptors (Lipinski definition) is 3. The molecule has 0 N–H and O–H groups in total. The quantitative estimate of drug-likeness (QED) is 0.105. The van der Waals surface area contributed by atoms with Crippen molar-refractivity contribution in [3.63, 3.8) is 0 Å². The molecule has 1 unspecified atom stereocenters. The van der Waals surface area contributed by atoms with E-state index in [2.05, 4.69) is 196 Å². The summed E-state index contributed by atoms with van der Waals surface area (Å²) in [4.78, 5) is 3.81. The van der Waals surface area contributed by atoms with Crippen molar-refractivity contribution in [1.29, 1.82) is 0 Å². The van der Waals surface area contributed by atoms with Crippen LogP contribution in [0.5, 0.6) is 5.75 Å². The van der Waals surface area contributed by atoms with Gasteiger partial charge in [-0.15, -0.1) is 5.73 Å². The van der Waals surface area contributed by atoms with Crippen LogP contribution in [0.4, 0.5) is 0 Å². The maximum Gasteiger partial charge on any atom is 0.119 e. The fourth-order valence-electron chi connectivity index (χ4n) is 8.08. The Bertz CT molecular complexity index is 2520. The molecule has 3 heteroatoms. The van der Waals surface area contributed by atoms with E-state index < -0.39 is 0 Å². The standard InChI is InChI=1S/C47H52O2.C7H9N.C7H8/c1-10-31(2)28-45(47-36(7)26-33(4)27-37(47)8)42-19-23-44(24-20-42)49-30-40-15-13-39(14-16-40)29-48-43-21-17-41(18-22-43)38(9)46-34(5)12-11-32(3)25-35(46)6;1-8-7-5-3-2-4-6-7;1-7-5-3-2-4-6-7/h12-17,19-27,41H,9-11,18,29-30H2,1-8H3;2-3,5H,1,4,6H2;2-6H,1H3. The Kier molecular flexibility index (Phi) is 18.6. The maximum absolute atomic E-state index is 6.19. The first kappa shape index (κ1) is 48.6. The molecule has 3 aliphatic carbocycles. The molecule has 64 heavy (non-hydrogen) atoms. The third kappa shape index (κ3) is 14.6. The van der Waals surface area contributed by atoms with E-state index in [0.29, 0.717) is 13.2 Å². The van der Waals surface area contributed by atoms with Crippen molar-refractivity contribution in [3.05, 3.63) is 241 Å². The summed E-state index contributed by atoms with van der Waals surface area (Å²) in [7, 11) is 0. The van der Waals surface area contributed by atoms with Crippen LogP contribution in [0.25, 0.3) is 5.57 Å². The van der Waals surface area contributed by atoms with Crippen molar-refractivity contribution in [2.45, 2.75) is 108 Å². The zero-order chi connectivity index (χ0) is 46.0. The van der Waals surface area contributed by atoms with Gasteiger partial charge >= 0.3 is 0 Å². The molecule has 4 aromatic rings. The molecule has 1 atom stereocenters. The number of rotatable bonds is 12. The molecule has 0 heterocycles. The van der Waals surface area contributed by atoms with Crippen molar-refractivity contribution in [1.82, 2.24) is 0 Å². The highest BCUT2D eigenvalue weighted by Gasteiger charge is 2.20. The minimum atomic E-state index is 0.283. The molecule has 0 aliphatic heterocycles. The molecule has 0 amide bonds. The lowest BCUT2D eigenvalue weighted by molar-refractivity contribution is 0.208. The fraction of sp³-hybridized carbons (Fsp3) is 0.279. The van der Waals surface area contributed by atoms with E-state index in [-0.39, 0.29) is 5.92 Å². The van der Waals surface area contributed by atoms with Gasteiger partial charge in [-0.2, -0.15) is 0 Å². The van der Waals surface area contributed by atoms with Gasteiger partial charge < -0.3 is 9.47 Å². The molecule has 0 radical (unpaired) electrons. The van der Waals surface area contributed by atoms with Crippen LogP contribution in [0.2, 0.25) is 0 Å². The largest absolute Gasteiger partial charge is 0.489 e. The Morgan fingerprint density at radius 1 is 0.797 bits per heavy atom. The van der Waals surface area contributed by atoms with Gasteiger partial charge in [-0.1, -0.05) is 139 Å². The number of hydrogen-bond donors (Lipinski definition) is 0. The monoisotopic (exact) mass is 848 g/mol. The molecule has 330 valence electrons. The van der Waals surface area contributed by atoms with Gasteiger partial charge in [0.1, 0.15) is 24.7 Å². The molecule has 0 spiro atoms. The van der Waals surface area contributed by atoms with E-state index in [0.717, 1.165) is 71.6 Å². The number of ether oxygens (including phenoxy) is 2. The summed E-state index contributed by atoms with van der Waals surface area (Å²) < 4.78 is 12.4. The average molecular weight is 848 g/mol. The second-order valence-corrected chi connectivity index (χ2v) is 17.2. The number of benzene rings is 4. The van der Waals surface area contributed by atoms with Gasteiger partial charge in [-0.05, 0) is 186 Å². The van der Waals surface area contributed by atoms with Crippen LogP contribution in [-0.2, 0) is 18.0 Å². The van der Waals surface area contributed by atoms with Crippen molar-refractivity contribution in [2.75, 3.05) is 0 Å². The first-order valence-electron chi connectivity index (χ1n) is 22.8. The lowest BCUT2D eigenvalue weighted by Gasteiger charge is -2.22. The second kappa shape index (κ2) is 24.4. The van der Waals surface area contributed by atoms with Crippen LogP contribution in [-0.4, -0.2) is 6.72 Å². The van der Waals surface area contributed by atoms with Gasteiger partial charge in [-0.25, -0.2) is 0 Å². The summed E-state index contributed by atoms with van der Waals surface area (Å²) in [5, 5.41) is 0. The molecule has 3 aliphatic rings. The van der Waals surface area contributed by atoms with Crippen molar-refractivity contribution in [3.8, 4) is 5.75 Å². The van der Waals surface area contributed by atoms with E-state index in [4.69, 9.17) is 9.47 Å². The highest BCUT2D eigenvalue weighted by molar-refractivity contribution is 5.83. The summed E-state index contributed by atoms with van der Waals surface area (Å²) >= 11 is 0. The summed E-state index contributed by atoms with van der Waals surface area (Å²) in [5.41, 5.74) is 23.5. The predicted molar refractivity (Wildman–Crippen MR) is 275 cm³/mol. The Hall–Kier alpha value is -6.41. The highest BCUT2D eigenvalue weighted by Crippen LogP contribution is 2.36. The zero-order valence-electron chi connectivity index (χ0n) is 40.0. The normalized spacial score (nSPS) is 15.3. The smallest absolute Gasteiger partial charge is 0.119 e. The Balaban J connectivity index is 0.000000431. The average Bonchev–Trinajstić information content (AvgIpc) is 3.43. The van der Waals surface area contributed by atoms with Crippen molar-refractivity contribution in [2.24, 2.45) is 10.9 Å². The third-order valence-electron chi connectivity index (χ3n) is 11.7. The Morgan fingerprint density at radius 2 is 1.45 bits per heavy atom.